The van der Waals surface area contributed by atoms with Crippen molar-refractivity contribution in [3.63, 3.8) is 0 Å². The second kappa shape index (κ2) is 10.0. The number of para-hydroxylation sites is 1. The van der Waals surface area contributed by atoms with Crippen molar-refractivity contribution in [1.82, 2.24) is 5.32 Å². The van der Waals surface area contributed by atoms with Crippen LogP contribution in [0.15, 0.2) is 78.9 Å². The Bertz CT molecular complexity index is 1010. The molecule has 0 aliphatic heterocycles. The van der Waals surface area contributed by atoms with E-state index < -0.39 is 5.97 Å². The third-order valence-corrected chi connectivity index (χ3v) is 4.35. The summed E-state index contributed by atoms with van der Waals surface area (Å²) in [6, 6.07) is 23.0. The number of aryl methyl sites for hydroxylation is 1. The van der Waals surface area contributed by atoms with Crippen LogP contribution in [0.2, 0.25) is 0 Å². The molecule has 6 heteroatoms. The van der Waals surface area contributed by atoms with Gasteiger partial charge in [0.2, 0.25) is 0 Å². The number of ether oxygens (including phenoxy) is 1. The van der Waals surface area contributed by atoms with Crippen molar-refractivity contribution in [2.24, 2.45) is 0 Å². The lowest BCUT2D eigenvalue weighted by atomic mass is 10.1. The average Bonchev–Trinajstić information content (AvgIpc) is 2.77. The van der Waals surface area contributed by atoms with Crippen molar-refractivity contribution in [3.8, 4) is 0 Å². The molecular formula is C24H22N2O4. The van der Waals surface area contributed by atoms with E-state index in [1.807, 2.05) is 49.4 Å². The highest BCUT2D eigenvalue weighted by atomic mass is 16.5. The third-order valence-electron chi connectivity index (χ3n) is 4.35. The van der Waals surface area contributed by atoms with Crippen molar-refractivity contribution >= 4 is 23.5 Å². The summed E-state index contributed by atoms with van der Waals surface area (Å²) in [5.74, 6) is -1.09. The lowest BCUT2D eigenvalue weighted by Gasteiger charge is -2.08. The molecule has 0 fully saturated rings. The molecule has 0 aliphatic carbocycles. The van der Waals surface area contributed by atoms with Gasteiger partial charge in [0, 0.05) is 16.8 Å². The monoisotopic (exact) mass is 402 g/mol. The van der Waals surface area contributed by atoms with Crippen LogP contribution in [0.25, 0.3) is 0 Å². The number of nitrogens with one attached hydrogen (secondary N) is 2. The quantitative estimate of drug-likeness (QED) is 0.590. The maximum Gasteiger partial charge on any atom is 0.325 e. The Morgan fingerprint density at radius 2 is 1.37 bits per heavy atom. The van der Waals surface area contributed by atoms with Gasteiger partial charge in [0.1, 0.15) is 13.2 Å². The third kappa shape index (κ3) is 6.04. The zero-order valence-electron chi connectivity index (χ0n) is 16.6. The summed E-state index contributed by atoms with van der Waals surface area (Å²) in [4.78, 5) is 36.1. The first-order valence-electron chi connectivity index (χ1n) is 9.47. The average molecular weight is 402 g/mol. The first-order valence-corrected chi connectivity index (χ1v) is 9.47. The lowest BCUT2D eigenvalue weighted by Crippen LogP contribution is -2.30. The Kier molecular flexibility index (Phi) is 6.95. The number of carbonyl (C=O) groups excluding carboxylic acids is 3. The van der Waals surface area contributed by atoms with Gasteiger partial charge in [-0.05, 0) is 48.9 Å². The zero-order valence-corrected chi connectivity index (χ0v) is 16.6. The molecule has 0 unspecified atom stereocenters. The molecule has 3 aromatic rings. The van der Waals surface area contributed by atoms with Crippen LogP contribution in [-0.2, 0) is 16.1 Å². The second-order valence-electron chi connectivity index (χ2n) is 6.73. The minimum atomic E-state index is -0.540. The van der Waals surface area contributed by atoms with Crippen LogP contribution in [0.1, 0.15) is 31.8 Å². The highest BCUT2D eigenvalue weighted by Gasteiger charge is 2.10. The van der Waals surface area contributed by atoms with Crippen LogP contribution >= 0.6 is 0 Å². The van der Waals surface area contributed by atoms with Gasteiger partial charge in [0.25, 0.3) is 11.8 Å². The molecule has 0 saturated heterocycles. The zero-order chi connectivity index (χ0) is 21.3. The standard InChI is InChI=1S/C24H22N2O4/c1-17-7-11-19(12-8-17)23(28)25-15-22(27)30-16-18-9-13-20(14-10-18)24(29)26-21-5-3-2-4-6-21/h2-14H,15-16H2,1H3,(H,25,28)(H,26,29). The van der Waals surface area contributed by atoms with Crippen LogP contribution < -0.4 is 10.6 Å². The first kappa shape index (κ1) is 20.8. The Labute approximate surface area is 174 Å². The van der Waals surface area contributed by atoms with E-state index in [4.69, 9.17) is 4.74 Å². The summed E-state index contributed by atoms with van der Waals surface area (Å²) in [5, 5.41) is 5.34. The van der Waals surface area contributed by atoms with Gasteiger partial charge in [0.15, 0.2) is 0 Å². The van der Waals surface area contributed by atoms with E-state index in [2.05, 4.69) is 10.6 Å². The molecule has 0 bridgehead atoms. The number of carbonyl (C=O) groups is 3. The molecule has 30 heavy (non-hydrogen) atoms. The van der Waals surface area contributed by atoms with E-state index in [1.54, 1.807) is 36.4 Å². The highest BCUT2D eigenvalue weighted by molar-refractivity contribution is 6.04. The molecule has 2 N–H and O–H groups in total. The van der Waals surface area contributed by atoms with E-state index in [1.165, 1.54) is 0 Å². The largest absolute Gasteiger partial charge is 0.460 e. The summed E-state index contributed by atoms with van der Waals surface area (Å²) in [6.45, 7) is 1.77. The molecule has 0 heterocycles. The van der Waals surface area contributed by atoms with Gasteiger partial charge in [-0.25, -0.2) is 0 Å². The predicted octanol–water partition coefficient (Wildman–Crippen LogP) is 3.72. The maximum atomic E-state index is 12.2. The van der Waals surface area contributed by atoms with Crippen molar-refractivity contribution in [3.05, 3.63) is 101 Å². The van der Waals surface area contributed by atoms with Gasteiger partial charge < -0.3 is 15.4 Å². The summed E-state index contributed by atoms with van der Waals surface area (Å²) < 4.78 is 5.18. The molecule has 6 nitrogen and oxygen atoms in total. The first-order chi connectivity index (χ1) is 14.5. The van der Waals surface area contributed by atoms with Gasteiger partial charge in [-0.2, -0.15) is 0 Å². The lowest BCUT2D eigenvalue weighted by molar-refractivity contribution is -0.143. The summed E-state index contributed by atoms with van der Waals surface area (Å²) in [7, 11) is 0. The van der Waals surface area contributed by atoms with Crippen LogP contribution in [0.5, 0.6) is 0 Å². The number of amides is 2. The number of hydrogen-bond donors (Lipinski definition) is 2. The Morgan fingerprint density at radius 1 is 0.767 bits per heavy atom. The van der Waals surface area contributed by atoms with Crippen LogP contribution in [0.3, 0.4) is 0 Å². The topological polar surface area (TPSA) is 84.5 Å². The number of anilines is 1. The minimum absolute atomic E-state index is 0.0554. The van der Waals surface area contributed by atoms with Gasteiger partial charge in [-0.15, -0.1) is 0 Å². The molecule has 0 aromatic heterocycles. The van der Waals surface area contributed by atoms with Crippen LogP contribution in [0.4, 0.5) is 5.69 Å². The molecular weight excluding hydrogens is 380 g/mol. The molecule has 3 rings (SSSR count). The number of rotatable bonds is 7. The molecule has 0 radical (unpaired) electrons. The molecule has 0 aliphatic rings. The van der Waals surface area contributed by atoms with Crippen LogP contribution in [-0.4, -0.2) is 24.3 Å². The fraction of sp³-hybridized carbons (Fsp3) is 0.125. The maximum absolute atomic E-state index is 12.2. The predicted molar refractivity (Wildman–Crippen MR) is 114 cm³/mol. The number of hydrogen-bond acceptors (Lipinski definition) is 4. The highest BCUT2D eigenvalue weighted by Crippen LogP contribution is 2.10. The minimum Gasteiger partial charge on any atom is -0.460 e. The van der Waals surface area contributed by atoms with Gasteiger partial charge in [-0.3, -0.25) is 14.4 Å². The Balaban J connectivity index is 1.44. The summed E-state index contributed by atoms with van der Waals surface area (Å²) >= 11 is 0. The molecule has 0 atom stereocenters. The van der Waals surface area contributed by atoms with E-state index in [0.717, 1.165) is 11.1 Å². The van der Waals surface area contributed by atoms with Gasteiger partial charge >= 0.3 is 5.97 Å². The van der Waals surface area contributed by atoms with Crippen LogP contribution in [0, 0.1) is 6.92 Å². The van der Waals surface area contributed by atoms with E-state index in [-0.39, 0.29) is 25.0 Å². The SMILES string of the molecule is Cc1ccc(C(=O)NCC(=O)OCc2ccc(C(=O)Nc3ccccc3)cc2)cc1. The van der Waals surface area contributed by atoms with E-state index in [0.29, 0.717) is 16.8 Å². The summed E-state index contributed by atoms with van der Waals surface area (Å²) in [6.07, 6.45) is 0. The molecule has 152 valence electrons. The van der Waals surface area contributed by atoms with Crippen molar-refractivity contribution in [2.75, 3.05) is 11.9 Å². The normalized spacial score (nSPS) is 10.2. The smallest absolute Gasteiger partial charge is 0.325 e. The number of esters is 1. The van der Waals surface area contributed by atoms with Crippen molar-refractivity contribution in [2.45, 2.75) is 13.5 Å². The Morgan fingerprint density at radius 3 is 2.03 bits per heavy atom. The summed E-state index contributed by atoms with van der Waals surface area (Å²) in [5.41, 5.74) is 3.49. The number of benzene rings is 3. The van der Waals surface area contributed by atoms with Crippen molar-refractivity contribution in [1.29, 1.82) is 0 Å². The molecule has 3 aromatic carbocycles. The second-order valence-corrected chi connectivity index (χ2v) is 6.73. The van der Waals surface area contributed by atoms with E-state index in [9.17, 15) is 14.4 Å². The Hall–Kier alpha value is -3.93. The van der Waals surface area contributed by atoms with E-state index >= 15 is 0 Å². The molecule has 0 spiro atoms. The fourth-order valence-electron chi connectivity index (χ4n) is 2.65. The fourth-order valence-corrected chi connectivity index (χ4v) is 2.65. The van der Waals surface area contributed by atoms with Gasteiger partial charge in [0.05, 0.1) is 0 Å². The molecule has 2 amide bonds. The van der Waals surface area contributed by atoms with Crippen molar-refractivity contribution < 1.29 is 19.1 Å². The van der Waals surface area contributed by atoms with Gasteiger partial charge in [-0.1, -0.05) is 48.0 Å². The molecule has 0 saturated carbocycles.